The summed E-state index contributed by atoms with van der Waals surface area (Å²) < 4.78 is 17.2. The zero-order valence-electron chi connectivity index (χ0n) is 15.7. The van der Waals surface area contributed by atoms with Crippen molar-refractivity contribution in [1.29, 1.82) is 0 Å². The number of carbonyl (C=O) groups is 3. The summed E-state index contributed by atoms with van der Waals surface area (Å²) in [6.07, 6.45) is 0.665. The third kappa shape index (κ3) is 6.32. The molecule has 29 heavy (non-hydrogen) atoms. The number of imide groups is 1. The number of rotatable bonds is 6. The molecule has 10 heteroatoms. The molecule has 6 nitrogen and oxygen atoms in total. The lowest BCUT2D eigenvalue weighted by Crippen LogP contribution is -2.43. The highest BCUT2D eigenvalue weighted by molar-refractivity contribution is 6.76. The topological polar surface area (TPSA) is 75.7 Å². The summed E-state index contributed by atoms with van der Waals surface area (Å²) in [6.45, 7) is 2.84. The molecule has 0 unspecified atom stereocenters. The van der Waals surface area contributed by atoms with Gasteiger partial charge in [-0.1, -0.05) is 65.1 Å². The van der Waals surface area contributed by atoms with Crippen molar-refractivity contribution in [1.82, 2.24) is 10.2 Å². The highest BCUT2D eigenvalue weighted by atomic mass is 35.6. The molecule has 0 aromatic heterocycles. The van der Waals surface area contributed by atoms with E-state index < -0.39 is 45.5 Å². The van der Waals surface area contributed by atoms with E-state index in [4.69, 9.17) is 39.5 Å². The van der Waals surface area contributed by atoms with Gasteiger partial charge >= 0.3 is 6.09 Å². The van der Waals surface area contributed by atoms with Crippen LogP contribution in [0.5, 0.6) is 0 Å². The van der Waals surface area contributed by atoms with Gasteiger partial charge < -0.3 is 10.1 Å². The van der Waals surface area contributed by atoms with E-state index in [0.717, 1.165) is 16.5 Å². The number of cyclic esters (lactones) is 1. The SMILES string of the molecule is C[C@H](/C=C(\F)[C@@H](C)NC(=O)C(Cl)(Cl)Cl)C(=O)N1C(=O)OC[C@@H]1Cc1ccccc1. The summed E-state index contributed by atoms with van der Waals surface area (Å²) in [6, 6.07) is 7.71. The van der Waals surface area contributed by atoms with Crippen molar-refractivity contribution >= 4 is 52.7 Å². The molecule has 1 aliphatic heterocycles. The van der Waals surface area contributed by atoms with E-state index in [9.17, 15) is 18.8 Å². The predicted molar refractivity (Wildman–Crippen MR) is 108 cm³/mol. The molecule has 3 amide bonds. The minimum Gasteiger partial charge on any atom is -0.447 e. The molecule has 0 saturated carbocycles. The average molecular weight is 466 g/mol. The largest absolute Gasteiger partial charge is 0.447 e. The van der Waals surface area contributed by atoms with E-state index in [1.807, 2.05) is 30.3 Å². The first-order chi connectivity index (χ1) is 13.5. The molecule has 0 radical (unpaired) electrons. The first-order valence-corrected chi connectivity index (χ1v) is 9.92. The van der Waals surface area contributed by atoms with Crippen LogP contribution >= 0.6 is 34.8 Å². The monoisotopic (exact) mass is 464 g/mol. The van der Waals surface area contributed by atoms with Crippen molar-refractivity contribution in [2.24, 2.45) is 5.92 Å². The second kappa shape index (κ2) is 9.78. The third-order valence-corrected chi connectivity index (χ3v) is 4.85. The number of alkyl halides is 3. The van der Waals surface area contributed by atoms with E-state index in [1.54, 1.807) is 0 Å². The van der Waals surface area contributed by atoms with E-state index >= 15 is 0 Å². The minimum absolute atomic E-state index is 0.0636. The first kappa shape index (κ1) is 23.4. The lowest BCUT2D eigenvalue weighted by atomic mass is 10.0. The van der Waals surface area contributed by atoms with E-state index in [2.05, 4.69) is 5.32 Å². The normalized spacial score (nSPS) is 19.5. The van der Waals surface area contributed by atoms with E-state index in [-0.39, 0.29) is 6.61 Å². The van der Waals surface area contributed by atoms with Gasteiger partial charge in [-0.2, -0.15) is 0 Å². The van der Waals surface area contributed by atoms with Crippen molar-refractivity contribution in [3.63, 3.8) is 0 Å². The maximum Gasteiger partial charge on any atom is 0.417 e. The van der Waals surface area contributed by atoms with E-state index in [0.29, 0.717) is 6.42 Å². The van der Waals surface area contributed by atoms with Gasteiger partial charge in [0.1, 0.15) is 12.4 Å². The quantitative estimate of drug-likeness (QED) is 0.646. The average Bonchev–Trinajstić information content (AvgIpc) is 3.01. The molecule has 1 N–H and O–H groups in total. The predicted octanol–water partition coefficient (Wildman–Crippen LogP) is 3.94. The van der Waals surface area contributed by atoms with Crippen LogP contribution in [-0.2, 0) is 20.7 Å². The van der Waals surface area contributed by atoms with Gasteiger partial charge in [0.15, 0.2) is 0 Å². The lowest BCUT2D eigenvalue weighted by molar-refractivity contribution is -0.131. The summed E-state index contributed by atoms with van der Waals surface area (Å²) in [7, 11) is 0. The molecule has 1 heterocycles. The lowest BCUT2D eigenvalue weighted by Gasteiger charge is -2.22. The molecular formula is C19H20Cl3FN2O4. The van der Waals surface area contributed by atoms with Crippen LogP contribution in [0.2, 0.25) is 0 Å². The molecule has 1 aromatic carbocycles. The molecule has 0 spiro atoms. The molecule has 3 atom stereocenters. The molecule has 2 rings (SSSR count). The number of amides is 3. The number of nitrogens with zero attached hydrogens (tertiary/aromatic N) is 1. The number of nitrogens with one attached hydrogen (secondary N) is 1. The number of carbonyl (C=O) groups excluding carboxylic acids is 3. The minimum atomic E-state index is -2.24. The zero-order valence-corrected chi connectivity index (χ0v) is 18.0. The molecule has 1 saturated heterocycles. The van der Waals surface area contributed by atoms with Gasteiger partial charge in [0.25, 0.3) is 9.70 Å². The van der Waals surface area contributed by atoms with Crippen molar-refractivity contribution < 1.29 is 23.5 Å². The van der Waals surface area contributed by atoms with Crippen LogP contribution in [0.15, 0.2) is 42.2 Å². The van der Waals surface area contributed by atoms with Crippen LogP contribution in [0.4, 0.5) is 9.18 Å². The Kier molecular flexibility index (Phi) is 7.91. The Bertz CT molecular complexity index is 798. The van der Waals surface area contributed by atoms with Crippen molar-refractivity contribution in [3.05, 3.63) is 47.8 Å². The molecular weight excluding hydrogens is 446 g/mol. The summed E-state index contributed by atoms with van der Waals surface area (Å²) in [5, 5.41) is 2.19. The Morgan fingerprint density at radius 1 is 1.31 bits per heavy atom. The molecule has 0 aliphatic carbocycles. The van der Waals surface area contributed by atoms with Gasteiger partial charge in [0, 0.05) is 0 Å². The fourth-order valence-electron chi connectivity index (χ4n) is 2.79. The van der Waals surface area contributed by atoms with Crippen LogP contribution in [0, 0.1) is 5.92 Å². The Hall–Kier alpha value is -1.83. The number of hydrogen-bond acceptors (Lipinski definition) is 4. The summed E-state index contributed by atoms with van der Waals surface area (Å²) in [4.78, 5) is 37.5. The summed E-state index contributed by atoms with van der Waals surface area (Å²) >= 11 is 16.3. The van der Waals surface area contributed by atoms with Crippen LogP contribution in [0.25, 0.3) is 0 Å². The second-order valence-electron chi connectivity index (χ2n) is 6.66. The fourth-order valence-corrected chi connectivity index (χ4v) is 2.95. The number of benzene rings is 1. The van der Waals surface area contributed by atoms with E-state index in [1.165, 1.54) is 13.8 Å². The Morgan fingerprint density at radius 3 is 2.52 bits per heavy atom. The highest BCUT2D eigenvalue weighted by Gasteiger charge is 2.39. The van der Waals surface area contributed by atoms with Gasteiger partial charge in [-0.05, 0) is 31.9 Å². The standard InChI is InChI=1S/C19H20Cl3FN2O4/c1-11(8-15(23)12(2)24-17(27)19(20,21)22)16(26)25-14(10-29-18(25)28)9-13-6-4-3-5-7-13/h3-8,11-12,14H,9-10H2,1-2H3,(H,24,27)/b15-8-/t11-,12-,14+/m1/s1. The van der Waals surface area contributed by atoms with Crippen molar-refractivity contribution in [2.45, 2.75) is 36.1 Å². The first-order valence-electron chi connectivity index (χ1n) is 8.79. The van der Waals surface area contributed by atoms with Crippen LogP contribution in [0.3, 0.4) is 0 Å². The summed E-state index contributed by atoms with van der Waals surface area (Å²) in [5.41, 5.74) is 0.936. The molecule has 1 aliphatic rings. The highest BCUT2D eigenvalue weighted by Crippen LogP contribution is 2.27. The van der Waals surface area contributed by atoms with Crippen LogP contribution in [0.1, 0.15) is 19.4 Å². The fraction of sp³-hybridized carbons (Fsp3) is 0.421. The van der Waals surface area contributed by atoms with Crippen molar-refractivity contribution in [2.75, 3.05) is 6.61 Å². The maximum absolute atomic E-state index is 14.4. The van der Waals surface area contributed by atoms with Crippen LogP contribution in [-0.4, -0.2) is 45.3 Å². The molecule has 1 fully saturated rings. The van der Waals surface area contributed by atoms with Gasteiger partial charge in [-0.15, -0.1) is 0 Å². The number of ether oxygens (including phenoxy) is 1. The number of hydrogen-bond donors (Lipinski definition) is 1. The van der Waals surface area contributed by atoms with Crippen LogP contribution < -0.4 is 5.32 Å². The molecule has 158 valence electrons. The van der Waals surface area contributed by atoms with Gasteiger partial charge in [0.05, 0.1) is 18.0 Å². The molecule has 1 aromatic rings. The maximum atomic E-state index is 14.4. The Balaban J connectivity index is 2.07. The second-order valence-corrected chi connectivity index (χ2v) is 8.94. The van der Waals surface area contributed by atoms with Gasteiger partial charge in [-0.3, -0.25) is 9.59 Å². The Morgan fingerprint density at radius 2 is 1.93 bits per heavy atom. The Labute approximate surface area is 182 Å². The van der Waals surface area contributed by atoms with Gasteiger partial charge in [-0.25, -0.2) is 14.1 Å². The third-order valence-electron chi connectivity index (χ3n) is 4.33. The number of halogens is 4. The van der Waals surface area contributed by atoms with Crippen molar-refractivity contribution in [3.8, 4) is 0 Å². The zero-order chi connectivity index (χ0) is 21.8. The molecule has 0 bridgehead atoms. The van der Waals surface area contributed by atoms with Gasteiger partial charge in [0.2, 0.25) is 5.91 Å². The summed E-state index contributed by atoms with van der Waals surface area (Å²) in [5.74, 6) is -3.39. The smallest absolute Gasteiger partial charge is 0.417 e.